The number of aromatic nitrogens is 1. The molecule has 1 aromatic carbocycles. The van der Waals surface area contributed by atoms with Gasteiger partial charge in [-0.1, -0.05) is 23.7 Å². The molecular formula is C14H13ClN2O4S. The van der Waals surface area contributed by atoms with E-state index < -0.39 is 16.0 Å². The van der Waals surface area contributed by atoms with E-state index in [0.717, 1.165) is 0 Å². The number of halogens is 1. The van der Waals surface area contributed by atoms with Gasteiger partial charge in [0.1, 0.15) is 10.0 Å². The lowest BCUT2D eigenvalue weighted by molar-refractivity contribution is 0.0600. The van der Waals surface area contributed by atoms with E-state index in [9.17, 15) is 13.2 Å². The zero-order valence-corrected chi connectivity index (χ0v) is 13.2. The normalized spacial score (nSPS) is 11.2. The number of nitrogens with one attached hydrogen (secondary N) is 1. The average molecular weight is 341 g/mol. The molecule has 0 saturated carbocycles. The molecule has 0 aliphatic heterocycles. The van der Waals surface area contributed by atoms with E-state index in [1.54, 1.807) is 24.3 Å². The van der Waals surface area contributed by atoms with E-state index in [1.807, 2.05) is 0 Å². The van der Waals surface area contributed by atoms with Crippen LogP contribution in [0.5, 0.6) is 0 Å². The van der Waals surface area contributed by atoms with Crippen molar-refractivity contribution in [2.75, 3.05) is 7.11 Å². The minimum absolute atomic E-state index is 0.0306. The van der Waals surface area contributed by atoms with E-state index in [4.69, 9.17) is 11.6 Å². The van der Waals surface area contributed by atoms with Crippen LogP contribution in [0.1, 0.15) is 15.9 Å². The van der Waals surface area contributed by atoms with Gasteiger partial charge in [0.2, 0.25) is 10.0 Å². The molecule has 2 aromatic rings. The fraction of sp³-hybridized carbons (Fsp3) is 0.143. The van der Waals surface area contributed by atoms with E-state index in [-0.39, 0.29) is 16.6 Å². The molecule has 0 aliphatic carbocycles. The lowest BCUT2D eigenvalue weighted by atomic mass is 10.1. The van der Waals surface area contributed by atoms with Gasteiger partial charge in [0.15, 0.2) is 0 Å². The first-order valence-electron chi connectivity index (χ1n) is 6.21. The van der Waals surface area contributed by atoms with Gasteiger partial charge < -0.3 is 4.74 Å². The number of carbonyl (C=O) groups excluding carboxylic acids is 1. The summed E-state index contributed by atoms with van der Waals surface area (Å²) in [5.74, 6) is -0.445. The molecular weight excluding hydrogens is 328 g/mol. The fourth-order valence-electron chi connectivity index (χ4n) is 1.66. The molecule has 0 amide bonds. The second-order valence-corrected chi connectivity index (χ2v) is 6.48. The Balaban J connectivity index is 2.05. The highest BCUT2D eigenvalue weighted by atomic mass is 35.5. The monoisotopic (exact) mass is 340 g/mol. The number of methoxy groups -OCH3 is 1. The molecule has 2 rings (SSSR count). The Morgan fingerprint density at radius 1 is 1.23 bits per heavy atom. The minimum atomic E-state index is -3.67. The third-order valence-electron chi connectivity index (χ3n) is 2.85. The van der Waals surface area contributed by atoms with Crippen LogP contribution in [-0.4, -0.2) is 26.5 Å². The molecule has 116 valence electrons. The van der Waals surface area contributed by atoms with Crippen molar-refractivity contribution in [3.63, 3.8) is 0 Å². The predicted octanol–water partition coefficient (Wildman–Crippen LogP) is 2.00. The van der Waals surface area contributed by atoms with Crippen molar-refractivity contribution in [3.8, 4) is 0 Å². The van der Waals surface area contributed by atoms with Crippen LogP contribution in [0.15, 0.2) is 47.5 Å². The molecule has 0 bridgehead atoms. The molecule has 0 radical (unpaired) electrons. The SMILES string of the molecule is COC(=O)c1ccc(CNS(=O)(=O)c2ccc(Cl)nc2)cc1. The molecule has 0 unspecified atom stereocenters. The number of rotatable bonds is 5. The van der Waals surface area contributed by atoms with Crippen molar-refractivity contribution >= 4 is 27.6 Å². The zero-order valence-electron chi connectivity index (χ0n) is 11.6. The fourth-order valence-corrected chi connectivity index (χ4v) is 2.73. The van der Waals surface area contributed by atoms with Gasteiger partial charge in [0, 0.05) is 12.7 Å². The van der Waals surface area contributed by atoms with Gasteiger partial charge in [-0.25, -0.2) is 22.9 Å². The maximum atomic E-state index is 12.1. The van der Waals surface area contributed by atoms with Gasteiger partial charge in [-0.2, -0.15) is 0 Å². The number of hydrogen-bond acceptors (Lipinski definition) is 5. The van der Waals surface area contributed by atoms with E-state index in [2.05, 4.69) is 14.4 Å². The Morgan fingerprint density at radius 2 is 1.91 bits per heavy atom. The van der Waals surface area contributed by atoms with Crippen molar-refractivity contribution in [1.29, 1.82) is 0 Å². The van der Waals surface area contributed by atoms with E-state index >= 15 is 0 Å². The van der Waals surface area contributed by atoms with Crippen molar-refractivity contribution in [2.24, 2.45) is 0 Å². The number of benzene rings is 1. The van der Waals surface area contributed by atoms with Crippen LogP contribution in [0.3, 0.4) is 0 Å². The standard InChI is InChI=1S/C14H13ClN2O4S/c1-21-14(18)11-4-2-10(3-5-11)8-17-22(19,20)12-6-7-13(15)16-9-12/h2-7,9,17H,8H2,1H3. The summed E-state index contributed by atoms with van der Waals surface area (Å²) in [5.41, 5.74) is 1.11. The molecule has 1 aromatic heterocycles. The van der Waals surface area contributed by atoms with Gasteiger partial charge in [0.05, 0.1) is 12.7 Å². The summed E-state index contributed by atoms with van der Waals surface area (Å²) in [6.45, 7) is 0.0897. The summed E-state index contributed by atoms with van der Waals surface area (Å²) >= 11 is 5.62. The summed E-state index contributed by atoms with van der Waals surface area (Å²) in [6, 6.07) is 9.21. The first-order valence-corrected chi connectivity index (χ1v) is 8.07. The molecule has 1 heterocycles. The smallest absolute Gasteiger partial charge is 0.337 e. The molecule has 0 spiro atoms. The van der Waals surface area contributed by atoms with Crippen molar-refractivity contribution in [1.82, 2.24) is 9.71 Å². The molecule has 0 fully saturated rings. The second-order valence-electron chi connectivity index (χ2n) is 4.33. The van der Waals surface area contributed by atoms with Crippen molar-refractivity contribution in [3.05, 3.63) is 58.9 Å². The molecule has 22 heavy (non-hydrogen) atoms. The quantitative estimate of drug-likeness (QED) is 0.664. The third kappa shape index (κ3) is 4.03. The van der Waals surface area contributed by atoms with Crippen molar-refractivity contribution in [2.45, 2.75) is 11.4 Å². The average Bonchev–Trinajstić information content (AvgIpc) is 2.53. The highest BCUT2D eigenvalue weighted by Crippen LogP contribution is 2.12. The summed E-state index contributed by atoms with van der Waals surface area (Å²) < 4.78 is 31.2. The first-order chi connectivity index (χ1) is 10.4. The molecule has 6 nitrogen and oxygen atoms in total. The van der Waals surface area contributed by atoms with Gasteiger partial charge in [-0.3, -0.25) is 0 Å². The van der Waals surface area contributed by atoms with Crippen LogP contribution in [0, 0.1) is 0 Å². The Labute approximate surface area is 133 Å². The van der Waals surface area contributed by atoms with Crippen molar-refractivity contribution < 1.29 is 17.9 Å². The highest BCUT2D eigenvalue weighted by Gasteiger charge is 2.14. The number of nitrogens with zero attached hydrogens (tertiary/aromatic N) is 1. The van der Waals surface area contributed by atoms with Crippen LogP contribution in [0.25, 0.3) is 0 Å². The predicted molar refractivity (Wildman–Crippen MR) is 81.1 cm³/mol. The number of pyridine rings is 1. The minimum Gasteiger partial charge on any atom is -0.465 e. The summed E-state index contributed by atoms with van der Waals surface area (Å²) in [7, 11) is -2.37. The maximum absolute atomic E-state index is 12.1. The Hall–Kier alpha value is -1.96. The van der Waals surface area contributed by atoms with Gasteiger partial charge >= 0.3 is 5.97 Å². The number of carbonyl (C=O) groups is 1. The van der Waals surface area contributed by atoms with Crippen LogP contribution in [0.4, 0.5) is 0 Å². The lowest BCUT2D eigenvalue weighted by Crippen LogP contribution is -2.23. The van der Waals surface area contributed by atoms with Gasteiger partial charge in [-0.15, -0.1) is 0 Å². The number of esters is 1. The topological polar surface area (TPSA) is 85.4 Å². The summed E-state index contributed by atoms with van der Waals surface area (Å²) in [6.07, 6.45) is 1.19. The Bertz CT molecular complexity index is 758. The van der Waals surface area contributed by atoms with Gasteiger partial charge in [-0.05, 0) is 29.8 Å². The van der Waals surface area contributed by atoms with Crippen LogP contribution >= 0.6 is 11.6 Å². The molecule has 1 N–H and O–H groups in total. The van der Waals surface area contributed by atoms with E-state index in [1.165, 1.54) is 25.4 Å². The molecule has 0 aliphatic rings. The zero-order chi connectivity index (χ0) is 16.2. The molecule has 8 heteroatoms. The number of sulfonamides is 1. The molecule has 0 saturated heterocycles. The maximum Gasteiger partial charge on any atom is 0.337 e. The first kappa shape index (κ1) is 16.4. The van der Waals surface area contributed by atoms with Gasteiger partial charge in [0.25, 0.3) is 0 Å². The number of hydrogen-bond donors (Lipinski definition) is 1. The second kappa shape index (κ2) is 6.87. The third-order valence-corrected chi connectivity index (χ3v) is 4.46. The largest absolute Gasteiger partial charge is 0.465 e. The Morgan fingerprint density at radius 3 is 2.45 bits per heavy atom. The summed E-state index contributed by atoms with van der Waals surface area (Å²) in [5, 5.41) is 0.220. The lowest BCUT2D eigenvalue weighted by Gasteiger charge is -2.07. The van der Waals surface area contributed by atoms with Crippen LogP contribution in [0.2, 0.25) is 5.15 Å². The molecule has 0 atom stereocenters. The van der Waals surface area contributed by atoms with Crippen LogP contribution < -0.4 is 4.72 Å². The Kier molecular flexibility index (Phi) is 5.12. The number of ether oxygens (including phenoxy) is 1. The highest BCUT2D eigenvalue weighted by molar-refractivity contribution is 7.89. The van der Waals surface area contributed by atoms with Crippen LogP contribution in [-0.2, 0) is 21.3 Å². The van der Waals surface area contributed by atoms with E-state index in [0.29, 0.717) is 11.1 Å². The summed E-state index contributed by atoms with van der Waals surface area (Å²) in [4.78, 5) is 15.1.